The first-order valence-electron chi connectivity index (χ1n) is 5.22. The SMILES string of the molecule is CCn1c(=O)c(C(N)=O)c(O)c2ccccc21. The van der Waals surface area contributed by atoms with Crippen molar-refractivity contribution in [3.8, 4) is 5.75 Å². The standard InChI is InChI=1S/C12H12N2O3/c1-2-14-8-6-4-3-5-7(8)10(15)9(11(13)16)12(14)17/h3-6,15H,2H2,1H3,(H2,13,16). The zero-order chi connectivity index (χ0) is 12.6. The van der Waals surface area contributed by atoms with E-state index in [0.717, 1.165) is 0 Å². The molecule has 0 atom stereocenters. The lowest BCUT2D eigenvalue weighted by Gasteiger charge is -2.11. The van der Waals surface area contributed by atoms with E-state index in [2.05, 4.69) is 0 Å². The molecule has 0 aliphatic rings. The molecule has 0 saturated carbocycles. The number of carbonyl (C=O) groups is 1. The minimum atomic E-state index is -0.916. The maximum Gasteiger partial charge on any atom is 0.267 e. The van der Waals surface area contributed by atoms with Crippen molar-refractivity contribution < 1.29 is 9.90 Å². The van der Waals surface area contributed by atoms with Crippen LogP contribution in [0.3, 0.4) is 0 Å². The molecule has 0 unspecified atom stereocenters. The van der Waals surface area contributed by atoms with Crippen LogP contribution < -0.4 is 11.3 Å². The Morgan fingerprint density at radius 1 is 1.41 bits per heavy atom. The number of rotatable bonds is 2. The molecule has 2 aromatic rings. The van der Waals surface area contributed by atoms with Crippen molar-refractivity contribution in [1.82, 2.24) is 4.57 Å². The van der Waals surface area contributed by atoms with Gasteiger partial charge in [0.05, 0.1) is 5.52 Å². The van der Waals surface area contributed by atoms with E-state index in [1.807, 2.05) is 0 Å². The van der Waals surface area contributed by atoms with Crippen LogP contribution in [0.4, 0.5) is 0 Å². The van der Waals surface area contributed by atoms with Gasteiger partial charge < -0.3 is 15.4 Å². The van der Waals surface area contributed by atoms with Gasteiger partial charge in [0.15, 0.2) is 0 Å². The first kappa shape index (κ1) is 11.2. The van der Waals surface area contributed by atoms with Crippen LogP contribution in [0.25, 0.3) is 10.9 Å². The van der Waals surface area contributed by atoms with Crippen molar-refractivity contribution in [3.63, 3.8) is 0 Å². The number of benzene rings is 1. The Morgan fingerprint density at radius 2 is 2.06 bits per heavy atom. The number of aromatic hydroxyl groups is 1. The lowest BCUT2D eigenvalue weighted by atomic mass is 10.1. The smallest absolute Gasteiger partial charge is 0.267 e. The maximum atomic E-state index is 12.0. The molecule has 0 fully saturated rings. The third-order valence-corrected chi connectivity index (χ3v) is 2.71. The van der Waals surface area contributed by atoms with Crippen LogP contribution in [0.2, 0.25) is 0 Å². The van der Waals surface area contributed by atoms with Gasteiger partial charge in [-0.2, -0.15) is 0 Å². The van der Waals surface area contributed by atoms with E-state index < -0.39 is 11.5 Å². The van der Waals surface area contributed by atoms with Crippen molar-refractivity contribution in [2.24, 2.45) is 5.73 Å². The Kier molecular flexibility index (Phi) is 2.59. The Labute approximate surface area is 97.1 Å². The molecule has 5 nitrogen and oxygen atoms in total. The number of para-hydroxylation sites is 1. The molecule has 2 rings (SSSR count). The predicted octanol–water partition coefficient (Wildman–Crippen LogP) is 0.826. The summed E-state index contributed by atoms with van der Waals surface area (Å²) >= 11 is 0. The molecule has 1 amide bonds. The second-order valence-corrected chi connectivity index (χ2v) is 3.65. The molecule has 1 aromatic carbocycles. The number of amides is 1. The van der Waals surface area contributed by atoms with Gasteiger partial charge in [0.25, 0.3) is 11.5 Å². The molecule has 0 spiro atoms. The Hall–Kier alpha value is -2.30. The molecule has 1 aromatic heterocycles. The fourth-order valence-corrected chi connectivity index (χ4v) is 1.93. The van der Waals surface area contributed by atoms with Gasteiger partial charge in [-0.3, -0.25) is 9.59 Å². The average Bonchev–Trinajstić information content (AvgIpc) is 2.29. The molecule has 1 heterocycles. The van der Waals surface area contributed by atoms with Gasteiger partial charge in [0, 0.05) is 11.9 Å². The average molecular weight is 232 g/mol. The lowest BCUT2D eigenvalue weighted by molar-refractivity contribution is 0.0996. The van der Waals surface area contributed by atoms with Crippen LogP contribution in [-0.2, 0) is 6.54 Å². The number of fused-ring (bicyclic) bond motifs is 1. The zero-order valence-corrected chi connectivity index (χ0v) is 9.30. The van der Waals surface area contributed by atoms with E-state index >= 15 is 0 Å². The summed E-state index contributed by atoms with van der Waals surface area (Å²) in [6, 6.07) is 6.84. The summed E-state index contributed by atoms with van der Waals surface area (Å²) in [5.74, 6) is -1.26. The molecule has 0 bridgehead atoms. The highest BCUT2D eigenvalue weighted by molar-refractivity contribution is 6.01. The van der Waals surface area contributed by atoms with Gasteiger partial charge in [-0.15, -0.1) is 0 Å². The van der Waals surface area contributed by atoms with Crippen LogP contribution in [0.15, 0.2) is 29.1 Å². The van der Waals surface area contributed by atoms with Gasteiger partial charge in [-0.25, -0.2) is 0 Å². The van der Waals surface area contributed by atoms with Gasteiger partial charge in [-0.1, -0.05) is 12.1 Å². The monoisotopic (exact) mass is 232 g/mol. The number of pyridine rings is 1. The van der Waals surface area contributed by atoms with Crippen LogP contribution in [0.1, 0.15) is 17.3 Å². The largest absolute Gasteiger partial charge is 0.506 e. The zero-order valence-electron chi connectivity index (χ0n) is 9.30. The Balaban J connectivity index is 3.05. The molecular weight excluding hydrogens is 220 g/mol. The quantitative estimate of drug-likeness (QED) is 0.804. The van der Waals surface area contributed by atoms with Gasteiger partial charge in [0.1, 0.15) is 11.3 Å². The topological polar surface area (TPSA) is 85.3 Å². The van der Waals surface area contributed by atoms with Crippen LogP contribution in [0.5, 0.6) is 5.75 Å². The fourth-order valence-electron chi connectivity index (χ4n) is 1.93. The number of aryl methyl sites for hydroxylation is 1. The highest BCUT2D eigenvalue weighted by Crippen LogP contribution is 2.25. The molecule has 0 radical (unpaired) electrons. The highest BCUT2D eigenvalue weighted by atomic mass is 16.3. The normalized spacial score (nSPS) is 10.6. The maximum absolute atomic E-state index is 12.0. The second kappa shape index (κ2) is 3.93. The number of carbonyl (C=O) groups excluding carboxylic acids is 1. The number of primary amides is 1. The fraction of sp³-hybridized carbons (Fsp3) is 0.167. The summed E-state index contributed by atoms with van der Waals surface area (Å²) in [4.78, 5) is 23.2. The molecular formula is C12H12N2O3. The summed E-state index contributed by atoms with van der Waals surface area (Å²) in [6.45, 7) is 2.19. The molecule has 0 aliphatic heterocycles. The minimum absolute atomic E-state index is 0.345. The summed E-state index contributed by atoms with van der Waals surface area (Å²) in [6.07, 6.45) is 0. The summed E-state index contributed by atoms with van der Waals surface area (Å²) in [5.41, 5.74) is 4.79. The van der Waals surface area contributed by atoms with E-state index in [9.17, 15) is 14.7 Å². The summed E-state index contributed by atoms with van der Waals surface area (Å²) < 4.78 is 1.41. The number of nitrogens with two attached hydrogens (primary N) is 1. The Bertz CT molecular complexity index is 659. The van der Waals surface area contributed by atoms with Gasteiger partial charge in [0.2, 0.25) is 0 Å². The molecule has 0 saturated heterocycles. The third kappa shape index (κ3) is 1.56. The van der Waals surface area contributed by atoms with E-state index in [1.54, 1.807) is 31.2 Å². The van der Waals surface area contributed by atoms with Gasteiger partial charge in [-0.05, 0) is 19.1 Å². The number of hydrogen-bond donors (Lipinski definition) is 2. The Morgan fingerprint density at radius 3 is 2.65 bits per heavy atom. The molecule has 17 heavy (non-hydrogen) atoms. The van der Waals surface area contributed by atoms with Crippen molar-refractivity contribution in [3.05, 3.63) is 40.2 Å². The first-order chi connectivity index (χ1) is 8.07. The predicted molar refractivity (Wildman–Crippen MR) is 64.1 cm³/mol. The van der Waals surface area contributed by atoms with Crippen molar-refractivity contribution >= 4 is 16.8 Å². The number of nitrogens with zero attached hydrogens (tertiary/aromatic N) is 1. The van der Waals surface area contributed by atoms with Crippen molar-refractivity contribution in [2.45, 2.75) is 13.5 Å². The summed E-state index contributed by atoms with van der Waals surface area (Å²) in [7, 11) is 0. The second-order valence-electron chi connectivity index (χ2n) is 3.65. The lowest BCUT2D eigenvalue weighted by Crippen LogP contribution is -2.29. The number of hydrogen-bond acceptors (Lipinski definition) is 3. The highest BCUT2D eigenvalue weighted by Gasteiger charge is 2.18. The third-order valence-electron chi connectivity index (χ3n) is 2.71. The van der Waals surface area contributed by atoms with E-state index in [0.29, 0.717) is 17.4 Å². The van der Waals surface area contributed by atoms with Crippen LogP contribution >= 0.6 is 0 Å². The molecule has 5 heteroatoms. The van der Waals surface area contributed by atoms with E-state index in [-0.39, 0.29) is 11.3 Å². The van der Waals surface area contributed by atoms with Crippen LogP contribution in [0, 0.1) is 0 Å². The first-order valence-corrected chi connectivity index (χ1v) is 5.22. The molecule has 88 valence electrons. The van der Waals surface area contributed by atoms with Crippen LogP contribution in [-0.4, -0.2) is 15.6 Å². The summed E-state index contributed by atoms with van der Waals surface area (Å²) in [5, 5.41) is 10.4. The van der Waals surface area contributed by atoms with Crippen molar-refractivity contribution in [1.29, 1.82) is 0 Å². The number of aromatic nitrogens is 1. The van der Waals surface area contributed by atoms with Gasteiger partial charge >= 0.3 is 0 Å². The molecule has 0 aliphatic carbocycles. The van der Waals surface area contributed by atoms with Crippen molar-refractivity contribution in [2.75, 3.05) is 0 Å². The van der Waals surface area contributed by atoms with E-state index in [4.69, 9.17) is 5.73 Å². The molecule has 3 N–H and O–H groups in total. The minimum Gasteiger partial charge on any atom is -0.506 e. The van der Waals surface area contributed by atoms with E-state index in [1.165, 1.54) is 4.57 Å².